The largest absolute Gasteiger partial charge is 0.444 e. The molecule has 1 unspecified atom stereocenters. The van der Waals surface area contributed by atoms with Crippen LogP contribution in [-0.2, 0) is 14.3 Å². The molecular weight excluding hydrogens is 270 g/mol. The molecule has 0 heterocycles. The number of amides is 1. The number of carbonyl (C=O) groups is 3. The van der Waals surface area contributed by atoms with Gasteiger partial charge in [-0.1, -0.05) is 29.8 Å². The number of hydrogen-bond acceptors (Lipinski definition) is 4. The van der Waals surface area contributed by atoms with E-state index in [4.69, 9.17) is 4.74 Å². The van der Waals surface area contributed by atoms with Gasteiger partial charge >= 0.3 is 5.97 Å². The van der Waals surface area contributed by atoms with Crippen molar-refractivity contribution in [2.75, 3.05) is 0 Å². The fourth-order valence-electron chi connectivity index (χ4n) is 1.70. The van der Waals surface area contributed by atoms with Crippen LogP contribution in [-0.4, -0.2) is 29.3 Å². The van der Waals surface area contributed by atoms with Crippen molar-refractivity contribution in [3.05, 3.63) is 35.4 Å². The summed E-state index contributed by atoms with van der Waals surface area (Å²) in [6.45, 7) is 8.41. The van der Waals surface area contributed by atoms with E-state index in [1.54, 1.807) is 45.0 Å². The van der Waals surface area contributed by atoms with Crippen molar-refractivity contribution in [2.45, 2.75) is 46.3 Å². The van der Waals surface area contributed by atoms with Crippen molar-refractivity contribution in [3.63, 3.8) is 0 Å². The van der Waals surface area contributed by atoms with Gasteiger partial charge in [0.15, 0.2) is 0 Å². The van der Waals surface area contributed by atoms with Crippen molar-refractivity contribution in [2.24, 2.45) is 0 Å². The van der Waals surface area contributed by atoms with Gasteiger partial charge < -0.3 is 10.1 Å². The molecular formula is C16H21NO4. The zero-order valence-electron chi connectivity index (χ0n) is 13.0. The molecule has 0 aliphatic rings. The van der Waals surface area contributed by atoms with E-state index < -0.39 is 29.3 Å². The Balaban J connectivity index is 3.01. The van der Waals surface area contributed by atoms with Gasteiger partial charge in [-0.2, -0.15) is 0 Å². The van der Waals surface area contributed by atoms with Crippen molar-refractivity contribution in [3.8, 4) is 0 Å². The number of esters is 1. The zero-order valence-corrected chi connectivity index (χ0v) is 13.0. The number of ether oxygens (including phenoxy) is 1. The highest BCUT2D eigenvalue weighted by molar-refractivity contribution is 6.13. The number of hydrogen-bond donors (Lipinski definition) is 1. The second-order valence-electron chi connectivity index (χ2n) is 5.96. The number of nitrogens with one attached hydrogen (secondary N) is 1. The molecule has 1 atom stereocenters. The van der Waals surface area contributed by atoms with Gasteiger partial charge in [0.2, 0.25) is 11.9 Å². The maximum Gasteiger partial charge on any atom is 0.303 e. The third-order valence-electron chi connectivity index (χ3n) is 2.59. The van der Waals surface area contributed by atoms with Crippen LogP contribution in [0.25, 0.3) is 0 Å². The van der Waals surface area contributed by atoms with Crippen molar-refractivity contribution in [1.82, 2.24) is 5.32 Å². The van der Waals surface area contributed by atoms with E-state index in [9.17, 15) is 14.4 Å². The van der Waals surface area contributed by atoms with Crippen LogP contribution in [0.1, 0.15) is 43.6 Å². The average Bonchev–Trinajstić information content (AvgIpc) is 2.33. The first-order valence-electron chi connectivity index (χ1n) is 6.70. The molecule has 114 valence electrons. The molecule has 5 nitrogen and oxygen atoms in total. The van der Waals surface area contributed by atoms with Crippen LogP contribution in [0.2, 0.25) is 0 Å². The number of carbonyl (C=O) groups excluding carboxylic acids is 3. The molecule has 1 N–H and O–H groups in total. The van der Waals surface area contributed by atoms with Gasteiger partial charge in [0.1, 0.15) is 0 Å². The molecule has 0 bridgehead atoms. The SMILES string of the molecule is CC(=O)OC(C(=O)NC(C)(C)C)C(=O)c1ccc(C)cc1. The van der Waals surface area contributed by atoms with Gasteiger partial charge in [-0.15, -0.1) is 0 Å². The van der Waals surface area contributed by atoms with E-state index in [1.807, 2.05) is 6.92 Å². The quantitative estimate of drug-likeness (QED) is 0.523. The standard InChI is InChI=1S/C16H21NO4/c1-10-6-8-12(9-7-10)13(19)14(21-11(2)18)15(20)17-16(3,4)5/h6-9,14H,1-5H3,(H,17,20). The Morgan fingerprint density at radius 1 is 1.10 bits per heavy atom. The summed E-state index contributed by atoms with van der Waals surface area (Å²) in [5, 5.41) is 2.65. The van der Waals surface area contributed by atoms with Crippen molar-refractivity contribution in [1.29, 1.82) is 0 Å². The van der Waals surface area contributed by atoms with Gasteiger partial charge in [-0.3, -0.25) is 14.4 Å². The summed E-state index contributed by atoms with van der Waals surface area (Å²) in [5.41, 5.74) is 0.800. The van der Waals surface area contributed by atoms with Gasteiger partial charge in [0.25, 0.3) is 5.91 Å². The summed E-state index contributed by atoms with van der Waals surface area (Å²) in [6, 6.07) is 6.75. The predicted molar refractivity (Wildman–Crippen MR) is 79.0 cm³/mol. The smallest absolute Gasteiger partial charge is 0.303 e. The molecule has 0 fully saturated rings. The van der Waals surface area contributed by atoms with Crippen LogP contribution >= 0.6 is 0 Å². The highest BCUT2D eigenvalue weighted by Crippen LogP contribution is 2.11. The molecule has 0 aliphatic heterocycles. The molecule has 0 aromatic heterocycles. The fraction of sp³-hybridized carbons (Fsp3) is 0.438. The second-order valence-corrected chi connectivity index (χ2v) is 5.96. The Labute approximate surface area is 124 Å². The van der Waals surface area contributed by atoms with Gasteiger partial charge in [0, 0.05) is 18.0 Å². The van der Waals surface area contributed by atoms with E-state index in [-0.39, 0.29) is 0 Å². The zero-order chi connectivity index (χ0) is 16.2. The minimum atomic E-state index is -1.47. The number of Topliss-reactive ketones (excluding diaryl/α,β-unsaturated/α-hetero) is 1. The van der Waals surface area contributed by atoms with E-state index in [0.29, 0.717) is 5.56 Å². The molecule has 5 heteroatoms. The van der Waals surface area contributed by atoms with Gasteiger partial charge in [-0.05, 0) is 27.7 Å². The molecule has 1 amide bonds. The number of benzene rings is 1. The normalized spacial score (nSPS) is 12.4. The average molecular weight is 291 g/mol. The molecule has 1 aromatic rings. The van der Waals surface area contributed by atoms with Crippen LogP contribution in [0.5, 0.6) is 0 Å². The molecule has 1 rings (SSSR count). The van der Waals surface area contributed by atoms with Crippen molar-refractivity contribution >= 4 is 17.7 Å². The Kier molecular flexibility index (Phi) is 5.24. The van der Waals surface area contributed by atoms with Crippen LogP contribution in [0.3, 0.4) is 0 Å². The minimum absolute atomic E-state index is 0.330. The highest BCUT2D eigenvalue weighted by atomic mass is 16.5. The lowest BCUT2D eigenvalue weighted by Gasteiger charge is -2.24. The van der Waals surface area contributed by atoms with E-state index in [1.165, 1.54) is 6.92 Å². The van der Waals surface area contributed by atoms with Gasteiger partial charge in [0.05, 0.1) is 0 Å². The third-order valence-corrected chi connectivity index (χ3v) is 2.59. The topological polar surface area (TPSA) is 72.5 Å². The van der Waals surface area contributed by atoms with E-state index in [0.717, 1.165) is 5.56 Å². The third kappa shape index (κ3) is 5.38. The summed E-state index contributed by atoms with van der Waals surface area (Å²) >= 11 is 0. The molecule has 0 aliphatic carbocycles. The van der Waals surface area contributed by atoms with Crippen molar-refractivity contribution < 1.29 is 19.1 Å². The van der Waals surface area contributed by atoms with Crippen LogP contribution in [0.15, 0.2) is 24.3 Å². The monoisotopic (exact) mass is 291 g/mol. The lowest BCUT2D eigenvalue weighted by molar-refractivity contribution is -0.151. The molecule has 0 saturated heterocycles. The number of ketones is 1. The Bertz CT molecular complexity index is 540. The summed E-state index contributed by atoms with van der Waals surface area (Å²) in [7, 11) is 0. The molecule has 0 spiro atoms. The Hall–Kier alpha value is -2.17. The summed E-state index contributed by atoms with van der Waals surface area (Å²) in [5.74, 6) is -1.83. The second kappa shape index (κ2) is 6.52. The first-order chi connectivity index (χ1) is 9.60. The van der Waals surface area contributed by atoms with Crippen LogP contribution in [0, 0.1) is 6.92 Å². The molecule has 21 heavy (non-hydrogen) atoms. The Morgan fingerprint density at radius 3 is 2.05 bits per heavy atom. The first-order valence-corrected chi connectivity index (χ1v) is 6.70. The molecule has 1 aromatic carbocycles. The number of aryl methyl sites for hydroxylation is 1. The first kappa shape index (κ1) is 16.9. The maximum absolute atomic E-state index is 12.4. The minimum Gasteiger partial charge on any atom is -0.444 e. The summed E-state index contributed by atoms with van der Waals surface area (Å²) in [4.78, 5) is 35.7. The maximum atomic E-state index is 12.4. The van der Waals surface area contributed by atoms with Crippen LogP contribution < -0.4 is 5.32 Å². The highest BCUT2D eigenvalue weighted by Gasteiger charge is 2.32. The van der Waals surface area contributed by atoms with E-state index >= 15 is 0 Å². The Morgan fingerprint density at radius 2 is 1.62 bits per heavy atom. The van der Waals surface area contributed by atoms with Gasteiger partial charge in [-0.25, -0.2) is 0 Å². The number of rotatable bonds is 4. The fourth-order valence-corrected chi connectivity index (χ4v) is 1.70. The lowest BCUT2D eigenvalue weighted by atomic mass is 10.0. The summed E-state index contributed by atoms with van der Waals surface area (Å²) in [6.07, 6.45) is -1.47. The lowest BCUT2D eigenvalue weighted by Crippen LogP contribution is -2.49. The molecule has 0 radical (unpaired) electrons. The predicted octanol–water partition coefficient (Wildman–Crippen LogP) is 2.02. The molecule has 0 saturated carbocycles. The van der Waals surface area contributed by atoms with Crippen LogP contribution in [0.4, 0.5) is 0 Å². The van der Waals surface area contributed by atoms with E-state index in [2.05, 4.69) is 5.32 Å². The summed E-state index contributed by atoms with van der Waals surface area (Å²) < 4.78 is 4.90.